The molecule has 1 rings (SSSR count). The SMILES string of the molecule is CN(C)c1ccc(N)cn1.Cl.Cl.Cl. The van der Waals surface area contributed by atoms with E-state index in [1.54, 1.807) is 6.20 Å². The van der Waals surface area contributed by atoms with Crippen molar-refractivity contribution in [2.45, 2.75) is 0 Å². The molecule has 0 saturated carbocycles. The van der Waals surface area contributed by atoms with Gasteiger partial charge in [0.1, 0.15) is 5.82 Å². The van der Waals surface area contributed by atoms with E-state index in [4.69, 9.17) is 5.73 Å². The Hall–Kier alpha value is -0.380. The molecular formula is C7H14Cl3N3. The second kappa shape index (κ2) is 8.23. The van der Waals surface area contributed by atoms with E-state index in [9.17, 15) is 0 Å². The normalized spacial score (nSPS) is 7.23. The molecule has 0 bridgehead atoms. The zero-order valence-corrected chi connectivity index (χ0v) is 9.88. The second-order valence-electron chi connectivity index (χ2n) is 2.34. The molecule has 1 aromatic heterocycles. The lowest BCUT2D eigenvalue weighted by Gasteiger charge is -2.09. The summed E-state index contributed by atoms with van der Waals surface area (Å²) >= 11 is 0. The number of anilines is 2. The third-order valence-electron chi connectivity index (χ3n) is 1.23. The van der Waals surface area contributed by atoms with Crippen molar-refractivity contribution in [1.82, 2.24) is 4.98 Å². The van der Waals surface area contributed by atoms with Crippen molar-refractivity contribution in [3.63, 3.8) is 0 Å². The highest BCUT2D eigenvalue weighted by atomic mass is 35.5. The molecule has 0 radical (unpaired) electrons. The molecule has 0 aliphatic heterocycles. The summed E-state index contributed by atoms with van der Waals surface area (Å²) in [5.74, 6) is 0.925. The van der Waals surface area contributed by atoms with Crippen LogP contribution < -0.4 is 10.6 Å². The van der Waals surface area contributed by atoms with Crippen LogP contribution in [0, 0.1) is 0 Å². The number of pyridine rings is 1. The van der Waals surface area contributed by atoms with Gasteiger partial charge in [0.2, 0.25) is 0 Å². The van der Waals surface area contributed by atoms with E-state index in [0.717, 1.165) is 5.82 Å². The van der Waals surface area contributed by atoms with Crippen LogP contribution in [0.5, 0.6) is 0 Å². The minimum Gasteiger partial charge on any atom is -0.397 e. The average molecular weight is 247 g/mol. The number of halogens is 3. The minimum absolute atomic E-state index is 0. The molecule has 78 valence electrons. The summed E-state index contributed by atoms with van der Waals surface area (Å²) in [6.45, 7) is 0. The van der Waals surface area contributed by atoms with Gasteiger partial charge in [-0.3, -0.25) is 0 Å². The van der Waals surface area contributed by atoms with E-state index in [2.05, 4.69) is 4.98 Å². The maximum atomic E-state index is 5.45. The van der Waals surface area contributed by atoms with Gasteiger partial charge in [-0.2, -0.15) is 0 Å². The van der Waals surface area contributed by atoms with Crippen LogP contribution in [-0.4, -0.2) is 19.1 Å². The molecule has 0 aliphatic carbocycles. The Morgan fingerprint density at radius 3 is 2.00 bits per heavy atom. The van der Waals surface area contributed by atoms with Crippen LogP contribution in [0.2, 0.25) is 0 Å². The highest BCUT2D eigenvalue weighted by Crippen LogP contribution is 2.07. The fraction of sp³-hybridized carbons (Fsp3) is 0.286. The quantitative estimate of drug-likeness (QED) is 0.824. The smallest absolute Gasteiger partial charge is 0.128 e. The zero-order valence-electron chi connectivity index (χ0n) is 7.43. The standard InChI is InChI=1S/C7H11N3.3ClH/c1-10(2)7-4-3-6(8)5-9-7;;;/h3-5H,8H2,1-2H3;3*1H. The predicted molar refractivity (Wildman–Crippen MR) is 64.7 cm³/mol. The molecule has 0 aliphatic rings. The monoisotopic (exact) mass is 245 g/mol. The van der Waals surface area contributed by atoms with Crippen molar-refractivity contribution in [1.29, 1.82) is 0 Å². The fourth-order valence-corrected chi connectivity index (χ4v) is 0.662. The van der Waals surface area contributed by atoms with Crippen LogP contribution in [0.25, 0.3) is 0 Å². The third kappa shape index (κ3) is 5.80. The second-order valence-corrected chi connectivity index (χ2v) is 2.34. The number of aromatic nitrogens is 1. The van der Waals surface area contributed by atoms with Gasteiger partial charge in [0.15, 0.2) is 0 Å². The van der Waals surface area contributed by atoms with Crippen molar-refractivity contribution in [3.05, 3.63) is 18.3 Å². The van der Waals surface area contributed by atoms with Crippen LogP contribution >= 0.6 is 37.2 Å². The Balaban J connectivity index is -0.000000333. The molecule has 1 heterocycles. The van der Waals surface area contributed by atoms with E-state index in [1.165, 1.54) is 0 Å². The molecule has 2 N–H and O–H groups in total. The molecule has 0 aromatic carbocycles. The molecule has 0 saturated heterocycles. The molecule has 0 atom stereocenters. The molecule has 1 aromatic rings. The number of hydrogen-bond acceptors (Lipinski definition) is 3. The molecular weight excluding hydrogens is 232 g/mol. The Morgan fingerprint density at radius 2 is 1.69 bits per heavy atom. The summed E-state index contributed by atoms with van der Waals surface area (Å²) in [4.78, 5) is 6.01. The predicted octanol–water partition coefficient (Wildman–Crippen LogP) is 2.00. The van der Waals surface area contributed by atoms with Gasteiger partial charge in [-0.1, -0.05) is 0 Å². The van der Waals surface area contributed by atoms with Crippen molar-refractivity contribution in [2.75, 3.05) is 24.7 Å². The van der Waals surface area contributed by atoms with Gasteiger partial charge in [-0.05, 0) is 12.1 Å². The van der Waals surface area contributed by atoms with Crippen molar-refractivity contribution in [2.24, 2.45) is 0 Å². The maximum absolute atomic E-state index is 5.45. The van der Waals surface area contributed by atoms with E-state index < -0.39 is 0 Å². The lowest BCUT2D eigenvalue weighted by molar-refractivity contribution is 1.07. The number of nitrogens with two attached hydrogens (primary N) is 1. The largest absolute Gasteiger partial charge is 0.397 e. The van der Waals surface area contributed by atoms with Gasteiger partial charge in [0.25, 0.3) is 0 Å². The lowest BCUT2D eigenvalue weighted by atomic mass is 10.4. The summed E-state index contributed by atoms with van der Waals surface area (Å²) in [6.07, 6.45) is 1.65. The Morgan fingerprint density at radius 1 is 1.15 bits per heavy atom. The topological polar surface area (TPSA) is 42.1 Å². The first-order chi connectivity index (χ1) is 4.70. The zero-order chi connectivity index (χ0) is 7.56. The van der Waals surface area contributed by atoms with E-state index in [-0.39, 0.29) is 37.2 Å². The lowest BCUT2D eigenvalue weighted by Crippen LogP contribution is -2.10. The molecule has 0 spiro atoms. The molecule has 0 fully saturated rings. The number of nitrogens with zero attached hydrogens (tertiary/aromatic N) is 2. The van der Waals surface area contributed by atoms with E-state index in [1.807, 2.05) is 31.1 Å². The summed E-state index contributed by atoms with van der Waals surface area (Å²) in [5.41, 5.74) is 6.15. The number of rotatable bonds is 1. The van der Waals surface area contributed by atoms with Gasteiger partial charge >= 0.3 is 0 Å². The Bertz CT molecular complexity index is 213. The maximum Gasteiger partial charge on any atom is 0.128 e. The van der Waals surface area contributed by atoms with Gasteiger partial charge < -0.3 is 10.6 Å². The first kappa shape index (κ1) is 18.4. The van der Waals surface area contributed by atoms with Gasteiger partial charge in [0.05, 0.1) is 11.9 Å². The van der Waals surface area contributed by atoms with Crippen LogP contribution in [0.3, 0.4) is 0 Å². The summed E-state index contributed by atoms with van der Waals surface area (Å²) in [7, 11) is 3.89. The molecule has 0 amide bonds. The van der Waals surface area contributed by atoms with Crippen molar-refractivity contribution < 1.29 is 0 Å². The van der Waals surface area contributed by atoms with Gasteiger partial charge in [0, 0.05) is 14.1 Å². The van der Waals surface area contributed by atoms with Crippen molar-refractivity contribution in [3.8, 4) is 0 Å². The number of hydrogen-bond donors (Lipinski definition) is 1. The third-order valence-corrected chi connectivity index (χ3v) is 1.23. The van der Waals surface area contributed by atoms with Crippen LogP contribution in [-0.2, 0) is 0 Å². The van der Waals surface area contributed by atoms with Crippen LogP contribution in [0.4, 0.5) is 11.5 Å². The average Bonchev–Trinajstić information content (AvgIpc) is 1.88. The molecule has 13 heavy (non-hydrogen) atoms. The van der Waals surface area contributed by atoms with Crippen LogP contribution in [0.1, 0.15) is 0 Å². The van der Waals surface area contributed by atoms with Crippen LogP contribution in [0.15, 0.2) is 18.3 Å². The van der Waals surface area contributed by atoms with Crippen molar-refractivity contribution >= 4 is 48.7 Å². The molecule has 3 nitrogen and oxygen atoms in total. The molecule has 0 unspecified atom stereocenters. The number of nitrogen functional groups attached to an aromatic ring is 1. The summed E-state index contributed by atoms with van der Waals surface area (Å²) in [5, 5.41) is 0. The highest BCUT2D eigenvalue weighted by molar-refractivity contribution is 5.86. The highest BCUT2D eigenvalue weighted by Gasteiger charge is 1.92. The van der Waals surface area contributed by atoms with E-state index >= 15 is 0 Å². The minimum atomic E-state index is 0. The Kier molecular flexibility index (Phi) is 11.7. The summed E-state index contributed by atoms with van der Waals surface area (Å²) < 4.78 is 0. The first-order valence-corrected chi connectivity index (χ1v) is 3.09. The Labute approximate surface area is 96.9 Å². The van der Waals surface area contributed by atoms with Gasteiger partial charge in [-0.15, -0.1) is 37.2 Å². The first-order valence-electron chi connectivity index (χ1n) is 3.09. The van der Waals surface area contributed by atoms with E-state index in [0.29, 0.717) is 5.69 Å². The van der Waals surface area contributed by atoms with Gasteiger partial charge in [-0.25, -0.2) is 4.98 Å². The molecule has 6 heteroatoms. The fourth-order valence-electron chi connectivity index (χ4n) is 0.662. The summed E-state index contributed by atoms with van der Waals surface area (Å²) in [6, 6.07) is 3.72.